The van der Waals surface area contributed by atoms with E-state index < -0.39 is 6.04 Å². The Labute approximate surface area is 148 Å². The van der Waals surface area contributed by atoms with Gasteiger partial charge in [0.05, 0.1) is 5.52 Å². The average molecular weight is 339 g/mol. The van der Waals surface area contributed by atoms with E-state index in [1.165, 1.54) is 0 Å². The van der Waals surface area contributed by atoms with Crippen molar-refractivity contribution >= 4 is 22.7 Å². The van der Waals surface area contributed by atoms with E-state index in [0.29, 0.717) is 18.0 Å². The third-order valence-electron chi connectivity index (χ3n) is 4.56. The number of carbonyl (C=O) groups excluding carboxylic acids is 2. The lowest BCUT2D eigenvalue weighted by atomic mass is 10.0. The zero-order valence-electron chi connectivity index (χ0n) is 14.9. The summed E-state index contributed by atoms with van der Waals surface area (Å²) in [6.07, 6.45) is 2.72. The zero-order chi connectivity index (χ0) is 17.8. The number of nitrogens with one attached hydrogen (secondary N) is 1. The molecule has 0 aliphatic carbocycles. The minimum atomic E-state index is -0.487. The second kappa shape index (κ2) is 7.64. The highest BCUT2D eigenvalue weighted by atomic mass is 16.2. The molecule has 1 aromatic heterocycles. The maximum Gasteiger partial charge on any atom is 0.270 e. The number of fused-ring (bicyclic) bond motifs is 1. The summed E-state index contributed by atoms with van der Waals surface area (Å²) >= 11 is 0. The first kappa shape index (κ1) is 17.4. The average Bonchev–Trinajstić information content (AvgIpc) is 3.14. The number of pyridine rings is 1. The van der Waals surface area contributed by atoms with Gasteiger partial charge in [-0.15, -0.1) is 0 Å². The van der Waals surface area contributed by atoms with Gasteiger partial charge in [0.1, 0.15) is 11.7 Å². The van der Waals surface area contributed by atoms with Crippen LogP contribution in [-0.4, -0.2) is 40.8 Å². The predicted molar refractivity (Wildman–Crippen MR) is 98.3 cm³/mol. The standard InChI is InChI=1S/C20H25N3O2/c1-14(2)13-18(20(25)23-11-5-6-12-23)22-19(24)17-10-9-15-7-3-4-8-16(15)21-17/h3-4,7-10,14,18H,5-6,11-13H2,1-2H3,(H,22,24)/t18-/m0/s1. The molecule has 1 fully saturated rings. The monoisotopic (exact) mass is 339 g/mol. The van der Waals surface area contributed by atoms with Gasteiger partial charge in [0.15, 0.2) is 0 Å². The van der Waals surface area contributed by atoms with E-state index in [1.54, 1.807) is 6.07 Å². The molecule has 0 bridgehead atoms. The van der Waals surface area contributed by atoms with Crippen molar-refractivity contribution in [2.45, 2.75) is 39.2 Å². The minimum absolute atomic E-state index is 0.0281. The Hall–Kier alpha value is -2.43. The molecule has 1 N–H and O–H groups in total. The molecule has 1 aromatic carbocycles. The van der Waals surface area contributed by atoms with Gasteiger partial charge < -0.3 is 10.2 Å². The van der Waals surface area contributed by atoms with Crippen molar-refractivity contribution in [2.24, 2.45) is 5.92 Å². The summed E-state index contributed by atoms with van der Waals surface area (Å²) in [5.74, 6) is 0.0608. The Morgan fingerprint density at radius 1 is 1.12 bits per heavy atom. The number of nitrogens with zero attached hydrogens (tertiary/aromatic N) is 2. The highest BCUT2D eigenvalue weighted by molar-refractivity contribution is 5.97. The van der Waals surface area contributed by atoms with Gasteiger partial charge in [0.2, 0.25) is 5.91 Å². The fourth-order valence-electron chi connectivity index (χ4n) is 3.28. The topological polar surface area (TPSA) is 62.3 Å². The van der Waals surface area contributed by atoms with E-state index >= 15 is 0 Å². The van der Waals surface area contributed by atoms with Gasteiger partial charge in [0.25, 0.3) is 5.91 Å². The maximum atomic E-state index is 12.8. The Balaban J connectivity index is 1.77. The molecule has 2 amide bonds. The number of hydrogen-bond donors (Lipinski definition) is 1. The van der Waals surface area contributed by atoms with Gasteiger partial charge in [0, 0.05) is 18.5 Å². The maximum absolute atomic E-state index is 12.8. The van der Waals surface area contributed by atoms with E-state index in [1.807, 2.05) is 35.2 Å². The fourth-order valence-corrected chi connectivity index (χ4v) is 3.28. The van der Waals surface area contributed by atoms with Crippen LogP contribution in [0.2, 0.25) is 0 Å². The van der Waals surface area contributed by atoms with Crippen LogP contribution in [0, 0.1) is 5.92 Å². The van der Waals surface area contributed by atoms with Crippen molar-refractivity contribution in [3.05, 3.63) is 42.1 Å². The Bertz CT molecular complexity index is 766. The van der Waals surface area contributed by atoms with Crippen molar-refractivity contribution in [2.75, 3.05) is 13.1 Å². The summed E-state index contributed by atoms with van der Waals surface area (Å²) in [6.45, 7) is 5.70. The normalized spacial score (nSPS) is 15.6. The first-order valence-corrected chi connectivity index (χ1v) is 9.00. The molecule has 5 heteroatoms. The van der Waals surface area contributed by atoms with Crippen LogP contribution in [0.15, 0.2) is 36.4 Å². The van der Waals surface area contributed by atoms with E-state index in [2.05, 4.69) is 24.1 Å². The van der Waals surface area contributed by atoms with Gasteiger partial charge in [-0.1, -0.05) is 38.1 Å². The second-order valence-electron chi connectivity index (χ2n) is 7.08. The van der Waals surface area contributed by atoms with E-state index in [4.69, 9.17) is 0 Å². The lowest BCUT2D eigenvalue weighted by molar-refractivity contribution is -0.132. The van der Waals surface area contributed by atoms with Crippen LogP contribution in [0.3, 0.4) is 0 Å². The van der Waals surface area contributed by atoms with Crippen LogP contribution in [0.4, 0.5) is 0 Å². The summed E-state index contributed by atoms with van der Waals surface area (Å²) in [5.41, 5.74) is 1.13. The second-order valence-corrected chi connectivity index (χ2v) is 7.08. The van der Waals surface area contributed by atoms with Gasteiger partial charge in [-0.25, -0.2) is 4.98 Å². The fraction of sp³-hybridized carbons (Fsp3) is 0.450. The SMILES string of the molecule is CC(C)C[C@H](NC(=O)c1ccc2ccccc2n1)C(=O)N1CCCC1. The third kappa shape index (κ3) is 4.16. The van der Waals surface area contributed by atoms with Gasteiger partial charge in [-0.05, 0) is 37.3 Å². The van der Waals surface area contributed by atoms with Gasteiger partial charge in [-0.2, -0.15) is 0 Å². The van der Waals surface area contributed by atoms with Gasteiger partial charge in [-0.3, -0.25) is 9.59 Å². The molecule has 1 aliphatic rings. The Morgan fingerprint density at radius 3 is 2.56 bits per heavy atom. The highest BCUT2D eigenvalue weighted by Crippen LogP contribution is 2.15. The molecule has 5 nitrogen and oxygen atoms in total. The molecule has 0 saturated carbocycles. The van der Waals surface area contributed by atoms with Crippen LogP contribution in [0.5, 0.6) is 0 Å². The van der Waals surface area contributed by atoms with Crippen LogP contribution in [-0.2, 0) is 4.79 Å². The molecule has 0 spiro atoms. The summed E-state index contributed by atoms with van der Waals surface area (Å²) in [7, 11) is 0. The van der Waals surface area contributed by atoms with E-state index in [-0.39, 0.29) is 11.8 Å². The molecule has 132 valence electrons. The molecule has 0 unspecified atom stereocenters. The van der Waals surface area contributed by atoms with E-state index in [0.717, 1.165) is 36.8 Å². The number of aromatic nitrogens is 1. The molecule has 2 aromatic rings. The van der Waals surface area contributed by atoms with E-state index in [9.17, 15) is 9.59 Å². The minimum Gasteiger partial charge on any atom is -0.341 e. The quantitative estimate of drug-likeness (QED) is 0.911. The number of carbonyl (C=O) groups is 2. The molecule has 2 heterocycles. The highest BCUT2D eigenvalue weighted by Gasteiger charge is 2.28. The molecular weight excluding hydrogens is 314 g/mol. The summed E-state index contributed by atoms with van der Waals surface area (Å²) < 4.78 is 0. The number of likely N-dealkylation sites (tertiary alicyclic amines) is 1. The third-order valence-corrected chi connectivity index (χ3v) is 4.56. The molecule has 1 atom stereocenters. The van der Waals surface area contributed by atoms with Crippen molar-refractivity contribution in [3.8, 4) is 0 Å². The Kier molecular flexibility index (Phi) is 5.31. The summed E-state index contributed by atoms with van der Waals surface area (Å²) in [5, 5.41) is 3.90. The van der Waals surface area contributed by atoms with Crippen molar-refractivity contribution < 1.29 is 9.59 Å². The predicted octanol–water partition coefficient (Wildman–Crippen LogP) is 3.00. The number of amides is 2. The first-order valence-electron chi connectivity index (χ1n) is 9.00. The molecule has 1 aliphatic heterocycles. The van der Waals surface area contributed by atoms with Gasteiger partial charge >= 0.3 is 0 Å². The van der Waals surface area contributed by atoms with Crippen molar-refractivity contribution in [1.82, 2.24) is 15.2 Å². The lowest BCUT2D eigenvalue weighted by Gasteiger charge is -2.25. The Morgan fingerprint density at radius 2 is 1.84 bits per heavy atom. The number of rotatable bonds is 5. The van der Waals surface area contributed by atoms with Crippen LogP contribution in [0.1, 0.15) is 43.6 Å². The lowest BCUT2D eigenvalue weighted by Crippen LogP contribution is -2.48. The summed E-state index contributed by atoms with van der Waals surface area (Å²) in [4.78, 5) is 31.7. The molecule has 0 radical (unpaired) electrons. The largest absolute Gasteiger partial charge is 0.341 e. The number of hydrogen-bond acceptors (Lipinski definition) is 3. The molecule has 3 rings (SSSR count). The zero-order valence-corrected chi connectivity index (χ0v) is 14.9. The van der Waals surface area contributed by atoms with Crippen LogP contribution < -0.4 is 5.32 Å². The molecule has 25 heavy (non-hydrogen) atoms. The summed E-state index contributed by atoms with van der Waals surface area (Å²) in [6, 6.07) is 10.8. The van der Waals surface area contributed by atoms with Crippen molar-refractivity contribution in [1.29, 1.82) is 0 Å². The van der Waals surface area contributed by atoms with Crippen LogP contribution >= 0.6 is 0 Å². The molecular formula is C20H25N3O2. The van der Waals surface area contributed by atoms with Crippen molar-refractivity contribution in [3.63, 3.8) is 0 Å². The molecule has 1 saturated heterocycles. The smallest absolute Gasteiger partial charge is 0.270 e. The first-order chi connectivity index (χ1) is 12.0. The number of para-hydroxylation sites is 1. The number of benzene rings is 1. The van der Waals surface area contributed by atoms with Crippen LogP contribution in [0.25, 0.3) is 10.9 Å².